The lowest BCUT2D eigenvalue weighted by Gasteiger charge is -2.13. The molecule has 2 N–H and O–H groups in total. The maximum atomic E-state index is 12.3. The molecule has 138 valence electrons. The summed E-state index contributed by atoms with van der Waals surface area (Å²) in [6, 6.07) is 17.2. The van der Waals surface area contributed by atoms with Gasteiger partial charge in [-0.1, -0.05) is 6.07 Å². The second-order valence-electron chi connectivity index (χ2n) is 6.70. The summed E-state index contributed by atoms with van der Waals surface area (Å²) in [5.41, 5.74) is 5.32. The SMILES string of the molecule is Cc1cc(C)cc(Nc2ccc(C(=O)Nc3ccc(N(C)C)cc3)nn2)c1. The Kier molecular flexibility index (Phi) is 5.35. The van der Waals surface area contributed by atoms with E-state index in [-0.39, 0.29) is 11.6 Å². The minimum atomic E-state index is -0.293. The van der Waals surface area contributed by atoms with Crippen molar-refractivity contribution in [2.75, 3.05) is 29.6 Å². The molecule has 0 spiro atoms. The van der Waals surface area contributed by atoms with Gasteiger partial charge in [-0.3, -0.25) is 4.79 Å². The third-order valence-corrected chi connectivity index (χ3v) is 4.03. The van der Waals surface area contributed by atoms with Gasteiger partial charge in [0, 0.05) is 31.2 Å². The van der Waals surface area contributed by atoms with Gasteiger partial charge in [0.2, 0.25) is 0 Å². The van der Waals surface area contributed by atoms with Crippen molar-refractivity contribution in [1.82, 2.24) is 10.2 Å². The van der Waals surface area contributed by atoms with Gasteiger partial charge in [-0.15, -0.1) is 10.2 Å². The molecule has 1 heterocycles. The first-order valence-electron chi connectivity index (χ1n) is 8.68. The highest BCUT2D eigenvalue weighted by Gasteiger charge is 2.09. The Morgan fingerprint density at radius 2 is 1.52 bits per heavy atom. The van der Waals surface area contributed by atoms with Gasteiger partial charge in [0.1, 0.15) is 0 Å². The quantitative estimate of drug-likeness (QED) is 0.714. The van der Waals surface area contributed by atoms with Gasteiger partial charge in [0.15, 0.2) is 11.5 Å². The molecule has 0 aliphatic heterocycles. The van der Waals surface area contributed by atoms with Crippen molar-refractivity contribution in [3.05, 3.63) is 71.4 Å². The molecule has 1 amide bonds. The third-order valence-electron chi connectivity index (χ3n) is 4.03. The third kappa shape index (κ3) is 4.82. The number of carbonyl (C=O) groups excluding carboxylic acids is 1. The van der Waals surface area contributed by atoms with Crippen LogP contribution in [0.5, 0.6) is 0 Å². The highest BCUT2D eigenvalue weighted by molar-refractivity contribution is 6.02. The first-order valence-corrected chi connectivity index (χ1v) is 8.68. The lowest BCUT2D eigenvalue weighted by molar-refractivity contribution is 0.102. The molecule has 0 bridgehead atoms. The molecule has 0 aliphatic rings. The van der Waals surface area contributed by atoms with Crippen molar-refractivity contribution in [3.8, 4) is 0 Å². The molecule has 0 aliphatic carbocycles. The Balaban J connectivity index is 1.66. The second-order valence-corrected chi connectivity index (χ2v) is 6.70. The van der Waals surface area contributed by atoms with E-state index in [2.05, 4.69) is 26.9 Å². The molecule has 6 heteroatoms. The molecule has 0 atom stereocenters. The molecule has 0 unspecified atom stereocenters. The van der Waals surface area contributed by atoms with Gasteiger partial charge in [0.25, 0.3) is 5.91 Å². The van der Waals surface area contributed by atoms with Crippen LogP contribution >= 0.6 is 0 Å². The number of benzene rings is 2. The molecule has 0 saturated carbocycles. The largest absolute Gasteiger partial charge is 0.378 e. The van der Waals surface area contributed by atoms with Crippen molar-refractivity contribution in [1.29, 1.82) is 0 Å². The Bertz CT molecular complexity index is 914. The first-order chi connectivity index (χ1) is 12.9. The van der Waals surface area contributed by atoms with Crippen LogP contribution in [-0.2, 0) is 0 Å². The van der Waals surface area contributed by atoms with Crippen LogP contribution in [0.3, 0.4) is 0 Å². The molecule has 0 saturated heterocycles. The van der Waals surface area contributed by atoms with Gasteiger partial charge in [0.05, 0.1) is 0 Å². The number of rotatable bonds is 5. The second kappa shape index (κ2) is 7.86. The summed E-state index contributed by atoms with van der Waals surface area (Å²) in [6.45, 7) is 4.09. The normalized spacial score (nSPS) is 10.4. The van der Waals surface area contributed by atoms with Crippen LogP contribution in [0.2, 0.25) is 0 Å². The number of anilines is 4. The first kappa shape index (κ1) is 18.4. The monoisotopic (exact) mass is 361 g/mol. The number of nitrogens with zero attached hydrogens (tertiary/aromatic N) is 3. The molecular formula is C21H23N5O. The number of hydrogen-bond acceptors (Lipinski definition) is 5. The molecule has 0 radical (unpaired) electrons. The van der Waals surface area contributed by atoms with Crippen LogP contribution in [0.1, 0.15) is 21.6 Å². The summed E-state index contributed by atoms with van der Waals surface area (Å²) >= 11 is 0. The number of aromatic nitrogens is 2. The van der Waals surface area contributed by atoms with Crippen LogP contribution in [0.15, 0.2) is 54.6 Å². The average Bonchev–Trinajstić information content (AvgIpc) is 2.62. The van der Waals surface area contributed by atoms with Crippen LogP contribution < -0.4 is 15.5 Å². The summed E-state index contributed by atoms with van der Waals surface area (Å²) < 4.78 is 0. The zero-order chi connectivity index (χ0) is 19.4. The van der Waals surface area contributed by atoms with E-state index in [4.69, 9.17) is 0 Å². The van der Waals surface area contributed by atoms with Crippen molar-refractivity contribution < 1.29 is 4.79 Å². The van der Waals surface area contributed by atoms with Gasteiger partial charge in [-0.05, 0) is 73.5 Å². The number of aryl methyl sites for hydroxylation is 2. The summed E-state index contributed by atoms with van der Waals surface area (Å²) in [7, 11) is 3.94. The van der Waals surface area contributed by atoms with Crippen LogP contribution in [-0.4, -0.2) is 30.2 Å². The Hall–Kier alpha value is -3.41. The van der Waals surface area contributed by atoms with E-state index in [1.165, 1.54) is 11.1 Å². The van der Waals surface area contributed by atoms with Crippen molar-refractivity contribution >= 4 is 28.8 Å². The molecule has 0 fully saturated rings. The maximum absolute atomic E-state index is 12.3. The number of carbonyl (C=O) groups is 1. The van der Waals surface area contributed by atoms with E-state index >= 15 is 0 Å². The van der Waals surface area contributed by atoms with Crippen molar-refractivity contribution in [2.45, 2.75) is 13.8 Å². The topological polar surface area (TPSA) is 70.2 Å². The van der Waals surface area contributed by atoms with E-state index in [0.717, 1.165) is 11.4 Å². The lowest BCUT2D eigenvalue weighted by Crippen LogP contribution is -2.15. The van der Waals surface area contributed by atoms with Crippen LogP contribution in [0.25, 0.3) is 0 Å². The van der Waals surface area contributed by atoms with E-state index in [1.807, 2.05) is 69.2 Å². The number of nitrogens with one attached hydrogen (secondary N) is 2. The summed E-state index contributed by atoms with van der Waals surface area (Å²) in [4.78, 5) is 14.3. The standard InChI is InChI=1S/C21H23N5O/c1-14-11-15(2)13-17(12-14)22-20-10-9-19(24-25-20)21(27)23-16-5-7-18(8-6-16)26(3)4/h5-13H,1-4H3,(H,22,25)(H,23,27). The minimum absolute atomic E-state index is 0.262. The van der Waals surface area contributed by atoms with Gasteiger partial charge in [-0.2, -0.15) is 0 Å². The fraction of sp³-hybridized carbons (Fsp3) is 0.190. The van der Waals surface area contributed by atoms with Crippen molar-refractivity contribution in [3.63, 3.8) is 0 Å². The van der Waals surface area contributed by atoms with E-state index in [1.54, 1.807) is 12.1 Å². The average molecular weight is 361 g/mol. The number of amides is 1. The molecule has 27 heavy (non-hydrogen) atoms. The number of hydrogen-bond donors (Lipinski definition) is 2. The fourth-order valence-electron chi connectivity index (χ4n) is 2.75. The van der Waals surface area contributed by atoms with Crippen molar-refractivity contribution in [2.24, 2.45) is 0 Å². The molecule has 6 nitrogen and oxygen atoms in total. The Morgan fingerprint density at radius 1 is 0.852 bits per heavy atom. The van der Waals surface area contributed by atoms with Crippen LogP contribution in [0, 0.1) is 13.8 Å². The Labute approximate surface area is 159 Å². The van der Waals surface area contributed by atoms with E-state index in [9.17, 15) is 4.79 Å². The smallest absolute Gasteiger partial charge is 0.276 e. The molecular weight excluding hydrogens is 338 g/mol. The zero-order valence-electron chi connectivity index (χ0n) is 15.9. The Morgan fingerprint density at radius 3 is 2.07 bits per heavy atom. The highest BCUT2D eigenvalue weighted by Crippen LogP contribution is 2.19. The molecule has 1 aromatic heterocycles. The highest BCUT2D eigenvalue weighted by atomic mass is 16.1. The van der Waals surface area contributed by atoms with E-state index in [0.29, 0.717) is 11.5 Å². The summed E-state index contributed by atoms with van der Waals surface area (Å²) in [6.07, 6.45) is 0. The zero-order valence-corrected chi connectivity index (χ0v) is 15.9. The fourth-order valence-corrected chi connectivity index (χ4v) is 2.75. The molecule has 3 aromatic rings. The van der Waals surface area contributed by atoms with Gasteiger partial charge < -0.3 is 15.5 Å². The minimum Gasteiger partial charge on any atom is -0.378 e. The summed E-state index contributed by atoms with van der Waals surface area (Å²) in [5.74, 6) is 0.296. The molecule has 2 aromatic carbocycles. The maximum Gasteiger partial charge on any atom is 0.276 e. The molecule has 3 rings (SSSR count). The summed E-state index contributed by atoms with van der Waals surface area (Å²) in [5, 5.41) is 14.2. The lowest BCUT2D eigenvalue weighted by atomic mass is 10.1. The van der Waals surface area contributed by atoms with Gasteiger partial charge in [-0.25, -0.2) is 0 Å². The van der Waals surface area contributed by atoms with Crippen LogP contribution in [0.4, 0.5) is 22.9 Å². The predicted molar refractivity (Wildman–Crippen MR) is 110 cm³/mol. The van der Waals surface area contributed by atoms with Gasteiger partial charge >= 0.3 is 0 Å². The predicted octanol–water partition coefficient (Wildman–Crippen LogP) is 4.16. The van der Waals surface area contributed by atoms with E-state index < -0.39 is 0 Å².